The van der Waals surface area contributed by atoms with Crippen molar-refractivity contribution in [3.05, 3.63) is 0 Å². The summed E-state index contributed by atoms with van der Waals surface area (Å²) < 4.78 is 14.6. The van der Waals surface area contributed by atoms with Crippen molar-refractivity contribution in [2.45, 2.75) is 32.6 Å². The number of aliphatic carboxylic acids is 1. The molecule has 110 valence electrons. The van der Waals surface area contributed by atoms with Crippen LogP contribution in [0, 0.1) is 0 Å². The summed E-state index contributed by atoms with van der Waals surface area (Å²) in [7, 11) is 0. The highest BCUT2D eigenvalue weighted by atomic mass is 16.6. The molecule has 19 heavy (non-hydrogen) atoms. The van der Waals surface area contributed by atoms with Crippen molar-refractivity contribution in [3.63, 3.8) is 0 Å². The van der Waals surface area contributed by atoms with Crippen LogP contribution in [-0.4, -0.2) is 49.4 Å². The molecular weight excluding hydrogens is 256 g/mol. The van der Waals surface area contributed by atoms with Crippen LogP contribution in [0.3, 0.4) is 0 Å². The quantitative estimate of drug-likeness (QED) is 0.439. The molecule has 1 N–H and O–H groups in total. The van der Waals surface area contributed by atoms with Gasteiger partial charge in [0.2, 0.25) is 0 Å². The molecule has 0 atom stereocenters. The fourth-order valence-electron chi connectivity index (χ4n) is 1.18. The summed E-state index contributed by atoms with van der Waals surface area (Å²) in [6.07, 6.45) is 1.23. The summed E-state index contributed by atoms with van der Waals surface area (Å²) in [5, 5.41) is 8.39. The van der Waals surface area contributed by atoms with Gasteiger partial charge in [-0.25, -0.2) is 0 Å². The lowest BCUT2D eigenvalue weighted by molar-refractivity contribution is -0.146. The molecule has 7 heteroatoms. The molecule has 0 aliphatic heterocycles. The van der Waals surface area contributed by atoms with E-state index in [4.69, 9.17) is 14.6 Å². The topological polar surface area (TPSA) is 99.1 Å². The van der Waals surface area contributed by atoms with Gasteiger partial charge >= 0.3 is 17.9 Å². The number of esters is 2. The normalized spacial score (nSPS) is 9.95. The van der Waals surface area contributed by atoms with Gasteiger partial charge in [0.25, 0.3) is 0 Å². The number of carbonyl (C=O) groups excluding carboxylic acids is 2. The number of carboxylic acid groups (broad SMARTS) is 1. The zero-order chi connectivity index (χ0) is 14.5. The maximum atomic E-state index is 11.2. The van der Waals surface area contributed by atoms with E-state index in [-0.39, 0.29) is 51.2 Å². The summed E-state index contributed by atoms with van der Waals surface area (Å²) in [6.45, 7) is 2.13. The molecule has 7 nitrogen and oxygen atoms in total. The molecule has 0 aliphatic rings. The van der Waals surface area contributed by atoms with Gasteiger partial charge in [-0.15, -0.1) is 0 Å². The van der Waals surface area contributed by atoms with Crippen LogP contribution in [0.4, 0.5) is 0 Å². The molecule has 0 aromatic rings. The largest absolute Gasteiger partial charge is 0.481 e. The number of rotatable bonds is 11. The van der Waals surface area contributed by atoms with Crippen molar-refractivity contribution in [3.8, 4) is 0 Å². The van der Waals surface area contributed by atoms with E-state index in [1.165, 1.54) is 6.92 Å². The third kappa shape index (κ3) is 14.3. The number of carbonyl (C=O) groups is 3. The second-order valence-corrected chi connectivity index (χ2v) is 3.77. The Balaban J connectivity index is 3.24. The van der Waals surface area contributed by atoms with Crippen LogP contribution < -0.4 is 0 Å². The van der Waals surface area contributed by atoms with Crippen LogP contribution in [0.5, 0.6) is 0 Å². The molecule has 0 fully saturated rings. The Morgan fingerprint density at radius 2 is 1.47 bits per heavy atom. The molecule has 0 amide bonds. The van der Waals surface area contributed by atoms with E-state index >= 15 is 0 Å². The van der Waals surface area contributed by atoms with E-state index in [9.17, 15) is 14.4 Å². The smallest absolute Gasteiger partial charge is 0.305 e. The van der Waals surface area contributed by atoms with E-state index in [2.05, 4.69) is 4.74 Å². The van der Waals surface area contributed by atoms with Crippen LogP contribution in [0.1, 0.15) is 32.6 Å². The zero-order valence-electron chi connectivity index (χ0n) is 11.1. The summed E-state index contributed by atoms with van der Waals surface area (Å²) >= 11 is 0. The molecule has 0 radical (unpaired) electrons. The van der Waals surface area contributed by atoms with Crippen LogP contribution in [0.2, 0.25) is 0 Å². The van der Waals surface area contributed by atoms with E-state index in [1.807, 2.05) is 0 Å². The first-order valence-corrected chi connectivity index (χ1v) is 6.11. The van der Waals surface area contributed by atoms with Gasteiger partial charge in [0.15, 0.2) is 0 Å². The minimum Gasteiger partial charge on any atom is -0.481 e. The predicted octanol–water partition coefficient (Wildman–Crippen LogP) is 0.754. The van der Waals surface area contributed by atoms with Gasteiger partial charge in [0.1, 0.15) is 13.2 Å². The third-order valence-electron chi connectivity index (χ3n) is 2.05. The van der Waals surface area contributed by atoms with Gasteiger partial charge in [-0.3, -0.25) is 14.4 Å². The molecule has 0 aliphatic carbocycles. The second-order valence-electron chi connectivity index (χ2n) is 3.77. The van der Waals surface area contributed by atoms with Gasteiger partial charge in [-0.2, -0.15) is 0 Å². The summed E-state index contributed by atoms with van der Waals surface area (Å²) in [5.74, 6) is -1.60. The maximum Gasteiger partial charge on any atom is 0.305 e. The fraction of sp³-hybridized carbons (Fsp3) is 0.750. The minimum absolute atomic E-state index is 0.0620. The van der Waals surface area contributed by atoms with E-state index in [0.29, 0.717) is 12.8 Å². The standard InChI is InChI=1S/C12H20O7/c1-10(13)18-8-6-17-7-9-19-12(16)5-3-2-4-11(14)15/h2-9H2,1H3,(H,14,15). The monoisotopic (exact) mass is 276 g/mol. The summed E-state index contributed by atoms with van der Waals surface area (Å²) in [4.78, 5) is 31.8. The average molecular weight is 276 g/mol. The number of ether oxygens (including phenoxy) is 3. The predicted molar refractivity (Wildman–Crippen MR) is 64.5 cm³/mol. The van der Waals surface area contributed by atoms with Gasteiger partial charge in [-0.05, 0) is 12.8 Å². The van der Waals surface area contributed by atoms with Crippen LogP contribution in [-0.2, 0) is 28.6 Å². The Bertz CT molecular complexity index is 288. The Morgan fingerprint density at radius 3 is 2.05 bits per heavy atom. The summed E-state index contributed by atoms with van der Waals surface area (Å²) in [6, 6.07) is 0. The van der Waals surface area contributed by atoms with Crippen molar-refractivity contribution >= 4 is 17.9 Å². The lowest BCUT2D eigenvalue weighted by Crippen LogP contribution is -2.13. The second kappa shape index (κ2) is 11.5. The van der Waals surface area contributed by atoms with Gasteiger partial charge < -0.3 is 19.3 Å². The maximum absolute atomic E-state index is 11.2. The highest BCUT2D eigenvalue weighted by Gasteiger charge is 2.04. The number of hydrogen-bond donors (Lipinski definition) is 1. The molecule has 0 rings (SSSR count). The molecule has 0 spiro atoms. The highest BCUT2D eigenvalue weighted by Crippen LogP contribution is 2.01. The molecule has 0 bridgehead atoms. The molecule has 0 heterocycles. The van der Waals surface area contributed by atoms with Crippen LogP contribution in [0.15, 0.2) is 0 Å². The molecule has 0 saturated heterocycles. The van der Waals surface area contributed by atoms with Gasteiger partial charge in [-0.1, -0.05) is 0 Å². The highest BCUT2D eigenvalue weighted by molar-refractivity contribution is 5.69. The molecule has 0 unspecified atom stereocenters. The Morgan fingerprint density at radius 1 is 0.895 bits per heavy atom. The molecule has 0 aromatic heterocycles. The van der Waals surface area contributed by atoms with Crippen molar-refractivity contribution in [1.82, 2.24) is 0 Å². The molecule has 0 saturated carbocycles. The van der Waals surface area contributed by atoms with Crippen LogP contribution in [0.25, 0.3) is 0 Å². The molecular formula is C12H20O7. The first-order chi connectivity index (χ1) is 9.02. The summed E-state index contributed by atoms with van der Waals surface area (Å²) in [5.41, 5.74) is 0. The number of unbranched alkanes of at least 4 members (excludes halogenated alkanes) is 1. The van der Waals surface area contributed by atoms with Crippen molar-refractivity contribution in [2.75, 3.05) is 26.4 Å². The average Bonchev–Trinajstić information content (AvgIpc) is 2.33. The molecule has 0 aromatic carbocycles. The van der Waals surface area contributed by atoms with Crippen molar-refractivity contribution in [2.24, 2.45) is 0 Å². The first kappa shape index (κ1) is 17.4. The minimum atomic E-state index is -0.866. The lowest BCUT2D eigenvalue weighted by Gasteiger charge is -2.06. The van der Waals surface area contributed by atoms with Crippen molar-refractivity contribution in [1.29, 1.82) is 0 Å². The van der Waals surface area contributed by atoms with E-state index < -0.39 is 5.97 Å². The Hall–Kier alpha value is -1.63. The van der Waals surface area contributed by atoms with E-state index in [1.54, 1.807) is 0 Å². The van der Waals surface area contributed by atoms with Gasteiger partial charge in [0, 0.05) is 19.8 Å². The van der Waals surface area contributed by atoms with Crippen molar-refractivity contribution < 1.29 is 33.7 Å². The van der Waals surface area contributed by atoms with Crippen LogP contribution >= 0.6 is 0 Å². The fourth-order valence-corrected chi connectivity index (χ4v) is 1.18. The zero-order valence-corrected chi connectivity index (χ0v) is 11.1. The lowest BCUT2D eigenvalue weighted by atomic mass is 10.2. The SMILES string of the molecule is CC(=O)OCCOCCOC(=O)CCCCC(=O)O. The van der Waals surface area contributed by atoms with Gasteiger partial charge in [0.05, 0.1) is 13.2 Å². The number of carboxylic acids is 1. The Kier molecular flexibility index (Phi) is 10.5. The number of hydrogen-bond acceptors (Lipinski definition) is 6. The van der Waals surface area contributed by atoms with E-state index in [0.717, 1.165) is 0 Å². The third-order valence-corrected chi connectivity index (χ3v) is 2.05. The Labute approximate surface area is 111 Å². The first-order valence-electron chi connectivity index (χ1n) is 6.11.